The average Bonchev–Trinajstić information content (AvgIpc) is 2.87. The fourth-order valence-corrected chi connectivity index (χ4v) is 5.21. The molecule has 0 bridgehead atoms. The maximum Gasteiger partial charge on any atom is 0.308 e. The van der Waals surface area contributed by atoms with E-state index in [9.17, 15) is 9.81 Å². The highest BCUT2D eigenvalue weighted by Crippen LogP contribution is 2.41. The molecule has 1 saturated heterocycles. The number of halogens is 2. The molecule has 2 aromatic rings. The number of aliphatic imine (C=N–C) groups is 1. The van der Waals surface area contributed by atoms with Gasteiger partial charge in [-0.3, -0.25) is 0 Å². The number of nitrogens with zero attached hydrogens (tertiary/aromatic N) is 3. The molecule has 1 N–H and O–H groups in total. The standard InChI is InChI=1S/C27H32Cl2N4O3S/c1-5-15-35-24-17-23(29)22(28)16-21(24)25(32-37(34)27(2,3)4)19-11-13-33(14-12-19)26(31-18-30)36-20-9-7-6-8-10-20/h5-10,16-17,19,25,32H,1,11-15H2,2-4H3/t25-,37+/m1/s1. The second-order valence-electron chi connectivity index (χ2n) is 9.61. The summed E-state index contributed by atoms with van der Waals surface area (Å²) in [5.41, 5.74) is 0.791. The second-order valence-corrected chi connectivity index (χ2v) is 12.4. The number of likely N-dealkylation sites (tertiary alicyclic amines) is 1. The van der Waals surface area contributed by atoms with Gasteiger partial charge < -0.3 is 18.9 Å². The van der Waals surface area contributed by atoms with Crippen molar-refractivity contribution in [1.82, 2.24) is 9.62 Å². The van der Waals surface area contributed by atoms with Crippen molar-refractivity contribution in [1.29, 1.82) is 5.26 Å². The summed E-state index contributed by atoms with van der Waals surface area (Å²) in [6.07, 6.45) is 4.95. The summed E-state index contributed by atoms with van der Waals surface area (Å²) in [6.45, 7) is 11.0. The molecule has 0 amide bonds. The molecular formula is C27H32Cl2N4O3S. The van der Waals surface area contributed by atoms with Gasteiger partial charge in [0.15, 0.2) is 0 Å². The number of para-hydroxylation sites is 1. The van der Waals surface area contributed by atoms with Crippen LogP contribution in [0.4, 0.5) is 0 Å². The van der Waals surface area contributed by atoms with Gasteiger partial charge in [0.05, 0.1) is 16.1 Å². The van der Waals surface area contributed by atoms with Crippen LogP contribution in [0, 0.1) is 17.4 Å². The number of hydrogen-bond acceptors (Lipinski definition) is 6. The molecule has 1 aliphatic rings. The molecular weight excluding hydrogens is 531 g/mol. The zero-order chi connectivity index (χ0) is 27.0. The van der Waals surface area contributed by atoms with Gasteiger partial charge in [-0.1, -0.05) is 54.1 Å². The molecule has 0 spiro atoms. The van der Waals surface area contributed by atoms with Crippen LogP contribution in [0.3, 0.4) is 0 Å². The summed E-state index contributed by atoms with van der Waals surface area (Å²) in [6, 6.07) is 12.7. The van der Waals surface area contributed by atoms with E-state index in [1.165, 1.54) is 0 Å². The summed E-state index contributed by atoms with van der Waals surface area (Å²) in [5, 5.41) is 10.0. The summed E-state index contributed by atoms with van der Waals surface area (Å²) in [7, 11) is 0. The predicted octanol–water partition coefficient (Wildman–Crippen LogP) is 6.28. The van der Waals surface area contributed by atoms with Crippen molar-refractivity contribution in [2.75, 3.05) is 19.7 Å². The SMILES string of the molecule is C=CCOc1cc(Cl)c(Cl)cc1[C@H](N[S@@+]([O-])C(C)(C)C)C1CCN(C(=NC#N)Oc2ccccc2)CC1. The predicted molar refractivity (Wildman–Crippen MR) is 150 cm³/mol. The van der Waals surface area contributed by atoms with Gasteiger partial charge in [0, 0.05) is 36.1 Å². The smallest absolute Gasteiger partial charge is 0.308 e. The lowest BCUT2D eigenvalue weighted by atomic mass is 9.85. The number of nitrogens with one attached hydrogen (secondary N) is 1. The molecule has 0 radical (unpaired) electrons. The third-order valence-corrected chi connectivity index (χ3v) is 8.22. The molecule has 0 aromatic heterocycles. The first-order valence-electron chi connectivity index (χ1n) is 12.0. The highest BCUT2D eigenvalue weighted by Gasteiger charge is 2.37. The number of benzene rings is 2. The Balaban J connectivity index is 1.87. The molecule has 37 heavy (non-hydrogen) atoms. The van der Waals surface area contributed by atoms with E-state index in [0.29, 0.717) is 41.2 Å². The quantitative estimate of drug-likeness (QED) is 0.134. The van der Waals surface area contributed by atoms with Crippen molar-refractivity contribution in [3.8, 4) is 17.7 Å². The molecule has 1 fully saturated rings. The Bertz CT molecular complexity index is 1130. The molecule has 0 aliphatic carbocycles. The zero-order valence-corrected chi connectivity index (χ0v) is 23.6. The molecule has 7 nitrogen and oxygen atoms in total. The molecule has 1 heterocycles. The van der Waals surface area contributed by atoms with Gasteiger partial charge in [-0.25, -0.2) is 0 Å². The third kappa shape index (κ3) is 8.03. The van der Waals surface area contributed by atoms with Crippen molar-refractivity contribution >= 4 is 40.6 Å². The van der Waals surface area contributed by atoms with E-state index in [0.717, 1.165) is 18.4 Å². The lowest BCUT2D eigenvalue weighted by Crippen LogP contribution is -2.47. The normalized spacial score (nSPS) is 16.6. The number of rotatable bonds is 8. The monoisotopic (exact) mass is 562 g/mol. The van der Waals surface area contributed by atoms with E-state index in [2.05, 4.69) is 16.3 Å². The highest BCUT2D eigenvalue weighted by atomic mass is 35.5. The zero-order valence-electron chi connectivity index (χ0n) is 21.2. The lowest BCUT2D eigenvalue weighted by Gasteiger charge is -2.38. The first-order chi connectivity index (χ1) is 17.6. The Hall–Kier alpha value is -2.41. The van der Waals surface area contributed by atoms with Crippen LogP contribution >= 0.6 is 23.2 Å². The minimum absolute atomic E-state index is 0.0888. The van der Waals surface area contributed by atoms with E-state index in [1.54, 1.807) is 18.2 Å². The molecule has 0 unspecified atom stereocenters. The lowest BCUT2D eigenvalue weighted by molar-refractivity contribution is 0.207. The Morgan fingerprint density at radius 2 is 1.92 bits per heavy atom. The summed E-state index contributed by atoms with van der Waals surface area (Å²) in [4.78, 5) is 5.87. The molecule has 0 saturated carbocycles. The van der Waals surface area contributed by atoms with E-state index in [4.69, 9.17) is 32.7 Å². The molecule has 10 heteroatoms. The summed E-state index contributed by atoms with van der Waals surface area (Å²) < 4.78 is 27.9. The molecule has 2 aromatic carbocycles. The van der Waals surface area contributed by atoms with Crippen LogP contribution in [-0.4, -0.2) is 39.9 Å². The highest BCUT2D eigenvalue weighted by molar-refractivity contribution is 7.90. The largest absolute Gasteiger partial charge is 0.598 e. The van der Waals surface area contributed by atoms with E-state index in [-0.39, 0.29) is 18.0 Å². The van der Waals surface area contributed by atoms with Crippen molar-refractivity contribution < 1.29 is 14.0 Å². The van der Waals surface area contributed by atoms with E-state index >= 15 is 0 Å². The van der Waals surface area contributed by atoms with Gasteiger partial charge in [0.2, 0.25) is 6.19 Å². The first-order valence-corrected chi connectivity index (χ1v) is 13.9. The van der Waals surface area contributed by atoms with Crippen molar-refractivity contribution in [2.24, 2.45) is 10.9 Å². The Morgan fingerprint density at radius 3 is 2.51 bits per heavy atom. The van der Waals surface area contributed by atoms with Crippen LogP contribution in [0.5, 0.6) is 11.5 Å². The minimum atomic E-state index is -1.35. The van der Waals surface area contributed by atoms with Crippen molar-refractivity contribution in [3.05, 3.63) is 70.7 Å². The number of amidine groups is 1. The Morgan fingerprint density at radius 1 is 1.27 bits per heavy atom. The van der Waals surface area contributed by atoms with Crippen LogP contribution in [0.25, 0.3) is 0 Å². The Kier molecular flexibility index (Phi) is 10.6. The van der Waals surface area contributed by atoms with Gasteiger partial charge in [0.1, 0.15) is 22.9 Å². The Labute approximate surface area is 232 Å². The van der Waals surface area contributed by atoms with Crippen LogP contribution in [0.15, 0.2) is 60.1 Å². The number of ether oxygens (including phenoxy) is 2. The van der Waals surface area contributed by atoms with E-state index in [1.807, 2.05) is 62.2 Å². The van der Waals surface area contributed by atoms with E-state index < -0.39 is 16.1 Å². The fourth-order valence-electron chi connectivity index (χ4n) is 3.99. The van der Waals surface area contributed by atoms with Gasteiger partial charge >= 0.3 is 6.02 Å². The van der Waals surface area contributed by atoms with Crippen LogP contribution < -0.4 is 14.2 Å². The van der Waals surface area contributed by atoms with Gasteiger partial charge in [-0.05, 0) is 57.7 Å². The molecule has 2 atom stereocenters. The fraction of sp³-hybridized carbons (Fsp3) is 0.407. The van der Waals surface area contributed by atoms with Gasteiger partial charge in [0.25, 0.3) is 0 Å². The second kappa shape index (κ2) is 13.4. The van der Waals surface area contributed by atoms with Gasteiger partial charge in [-0.15, -0.1) is 9.71 Å². The van der Waals surface area contributed by atoms with Crippen LogP contribution in [-0.2, 0) is 11.4 Å². The number of nitriles is 1. The van der Waals surface area contributed by atoms with Gasteiger partial charge in [-0.2, -0.15) is 5.26 Å². The number of piperidine rings is 1. The molecule has 3 rings (SSSR count). The maximum atomic E-state index is 13.2. The third-order valence-electron chi connectivity index (χ3n) is 5.91. The topological polar surface area (TPSA) is 92.9 Å². The average molecular weight is 564 g/mol. The van der Waals surface area contributed by atoms with Crippen molar-refractivity contribution in [3.63, 3.8) is 0 Å². The van der Waals surface area contributed by atoms with Crippen LogP contribution in [0.2, 0.25) is 10.0 Å². The minimum Gasteiger partial charge on any atom is -0.598 e. The molecule has 198 valence electrons. The van der Waals surface area contributed by atoms with Crippen molar-refractivity contribution in [2.45, 2.75) is 44.4 Å². The molecule has 1 aliphatic heterocycles. The van der Waals surface area contributed by atoms with Crippen LogP contribution in [0.1, 0.15) is 45.2 Å². The summed E-state index contributed by atoms with van der Waals surface area (Å²) in [5.74, 6) is 1.27. The number of hydrogen-bond donors (Lipinski definition) is 1. The first kappa shape index (κ1) is 29.2. The summed E-state index contributed by atoms with van der Waals surface area (Å²) >= 11 is 11.4. The maximum absolute atomic E-state index is 13.2.